The van der Waals surface area contributed by atoms with Crippen LogP contribution in [-0.2, 0) is 6.18 Å². The summed E-state index contributed by atoms with van der Waals surface area (Å²) in [6.45, 7) is 1.99. The van der Waals surface area contributed by atoms with Gasteiger partial charge in [0.05, 0.1) is 5.56 Å². The van der Waals surface area contributed by atoms with Gasteiger partial charge in [-0.15, -0.1) is 10.2 Å². The van der Waals surface area contributed by atoms with E-state index in [4.69, 9.17) is 4.42 Å². The number of nitrogens with zero attached hydrogens (tertiary/aromatic N) is 2. The van der Waals surface area contributed by atoms with Gasteiger partial charge in [0.2, 0.25) is 11.8 Å². The molecule has 0 radical (unpaired) electrons. The molecule has 2 rings (SSSR count). The van der Waals surface area contributed by atoms with E-state index in [2.05, 4.69) is 10.2 Å². The van der Waals surface area contributed by atoms with Gasteiger partial charge in [-0.05, 0) is 30.7 Å². The summed E-state index contributed by atoms with van der Waals surface area (Å²) < 4.78 is 42.7. The standard InChI is InChI=1S/C14H15F3N2O2/c1-2-3-4-11(20)13-19-18-12(21-13)9-5-7-10(8-6-9)14(15,16)17/h5-8,11,20H,2-4H2,1H3. The smallest absolute Gasteiger partial charge is 0.416 e. The lowest BCUT2D eigenvalue weighted by Gasteiger charge is -2.06. The Bertz CT molecular complexity index is 579. The van der Waals surface area contributed by atoms with Crippen LogP contribution >= 0.6 is 0 Å². The van der Waals surface area contributed by atoms with Crippen LogP contribution in [0.25, 0.3) is 11.5 Å². The number of hydrogen-bond donors (Lipinski definition) is 1. The predicted octanol–water partition coefficient (Wildman–Crippen LogP) is 3.98. The number of aliphatic hydroxyl groups excluding tert-OH is 1. The van der Waals surface area contributed by atoms with E-state index in [0.717, 1.165) is 25.0 Å². The van der Waals surface area contributed by atoms with Gasteiger partial charge < -0.3 is 9.52 Å². The molecule has 1 heterocycles. The minimum atomic E-state index is -4.38. The molecule has 0 aliphatic rings. The summed E-state index contributed by atoms with van der Waals surface area (Å²) in [6.07, 6.45) is -2.98. The van der Waals surface area contributed by atoms with Crippen LogP contribution in [0.15, 0.2) is 28.7 Å². The summed E-state index contributed by atoms with van der Waals surface area (Å²) in [7, 11) is 0. The largest absolute Gasteiger partial charge is 0.418 e. The average molecular weight is 300 g/mol. The highest BCUT2D eigenvalue weighted by molar-refractivity contribution is 5.53. The van der Waals surface area contributed by atoms with Crippen molar-refractivity contribution in [3.05, 3.63) is 35.7 Å². The van der Waals surface area contributed by atoms with Crippen molar-refractivity contribution >= 4 is 0 Å². The van der Waals surface area contributed by atoms with Gasteiger partial charge in [-0.25, -0.2) is 0 Å². The van der Waals surface area contributed by atoms with Crippen LogP contribution in [0.5, 0.6) is 0 Å². The molecule has 2 aromatic rings. The number of unbranched alkanes of at least 4 members (excludes halogenated alkanes) is 1. The quantitative estimate of drug-likeness (QED) is 0.907. The second-order valence-corrected chi connectivity index (χ2v) is 4.68. The maximum absolute atomic E-state index is 12.5. The molecule has 1 aromatic carbocycles. The van der Waals surface area contributed by atoms with Crippen molar-refractivity contribution in [1.82, 2.24) is 10.2 Å². The van der Waals surface area contributed by atoms with Crippen molar-refractivity contribution in [2.24, 2.45) is 0 Å². The predicted molar refractivity (Wildman–Crippen MR) is 69.2 cm³/mol. The molecule has 1 N–H and O–H groups in total. The summed E-state index contributed by atoms with van der Waals surface area (Å²) in [5.74, 6) is 0.174. The van der Waals surface area contributed by atoms with Crippen LogP contribution in [0.4, 0.5) is 13.2 Å². The second-order valence-electron chi connectivity index (χ2n) is 4.68. The van der Waals surface area contributed by atoms with Gasteiger partial charge in [0, 0.05) is 5.56 Å². The molecule has 0 amide bonds. The SMILES string of the molecule is CCCCC(O)c1nnc(-c2ccc(C(F)(F)F)cc2)o1. The van der Waals surface area contributed by atoms with Gasteiger partial charge >= 0.3 is 6.18 Å². The van der Waals surface area contributed by atoms with Crippen molar-refractivity contribution in [1.29, 1.82) is 0 Å². The number of aromatic nitrogens is 2. The van der Waals surface area contributed by atoms with Crippen molar-refractivity contribution in [2.45, 2.75) is 38.5 Å². The monoisotopic (exact) mass is 300 g/mol. The van der Waals surface area contributed by atoms with Gasteiger partial charge in [-0.2, -0.15) is 13.2 Å². The number of aliphatic hydroxyl groups is 1. The summed E-state index contributed by atoms with van der Waals surface area (Å²) in [5.41, 5.74) is -0.363. The lowest BCUT2D eigenvalue weighted by molar-refractivity contribution is -0.137. The molecule has 114 valence electrons. The van der Waals surface area contributed by atoms with E-state index in [1.54, 1.807) is 0 Å². The molecule has 0 aliphatic carbocycles. The highest BCUT2D eigenvalue weighted by Gasteiger charge is 2.30. The molecule has 1 aromatic heterocycles. The molecular weight excluding hydrogens is 285 g/mol. The molecule has 1 atom stereocenters. The Balaban J connectivity index is 2.14. The third kappa shape index (κ3) is 3.81. The minimum Gasteiger partial charge on any atom is -0.418 e. The van der Waals surface area contributed by atoms with E-state index < -0.39 is 17.8 Å². The zero-order valence-corrected chi connectivity index (χ0v) is 11.4. The van der Waals surface area contributed by atoms with E-state index >= 15 is 0 Å². The van der Waals surface area contributed by atoms with E-state index in [1.807, 2.05) is 6.92 Å². The summed E-state index contributed by atoms with van der Waals surface area (Å²) in [4.78, 5) is 0. The maximum atomic E-state index is 12.5. The zero-order valence-electron chi connectivity index (χ0n) is 11.4. The third-order valence-corrected chi connectivity index (χ3v) is 3.02. The van der Waals surface area contributed by atoms with Gasteiger partial charge in [0.25, 0.3) is 0 Å². The first-order valence-corrected chi connectivity index (χ1v) is 6.61. The van der Waals surface area contributed by atoms with Crippen LogP contribution in [0.3, 0.4) is 0 Å². The molecule has 7 heteroatoms. The number of rotatable bonds is 5. The van der Waals surface area contributed by atoms with Crippen molar-refractivity contribution in [2.75, 3.05) is 0 Å². The Kier molecular flexibility index (Phi) is 4.62. The molecule has 0 bridgehead atoms. The van der Waals surface area contributed by atoms with Gasteiger partial charge in [-0.1, -0.05) is 19.8 Å². The van der Waals surface area contributed by atoms with Crippen LogP contribution in [0.2, 0.25) is 0 Å². The minimum absolute atomic E-state index is 0.0818. The van der Waals surface area contributed by atoms with Gasteiger partial charge in [0.1, 0.15) is 6.10 Å². The molecule has 0 spiro atoms. The van der Waals surface area contributed by atoms with E-state index in [-0.39, 0.29) is 11.8 Å². The zero-order chi connectivity index (χ0) is 15.5. The Morgan fingerprint density at radius 1 is 1.19 bits per heavy atom. The molecule has 4 nitrogen and oxygen atoms in total. The Morgan fingerprint density at radius 3 is 2.43 bits per heavy atom. The van der Waals surface area contributed by atoms with E-state index in [0.29, 0.717) is 12.0 Å². The summed E-state index contributed by atoms with van der Waals surface area (Å²) in [6, 6.07) is 4.43. The number of alkyl halides is 3. The molecule has 0 fully saturated rings. The van der Waals surface area contributed by atoms with Gasteiger partial charge in [0.15, 0.2) is 0 Å². The second kappa shape index (κ2) is 6.26. The topological polar surface area (TPSA) is 59.2 Å². The van der Waals surface area contributed by atoms with E-state index in [1.165, 1.54) is 12.1 Å². The molecule has 21 heavy (non-hydrogen) atoms. The highest BCUT2D eigenvalue weighted by Crippen LogP contribution is 2.31. The van der Waals surface area contributed by atoms with Crippen molar-refractivity contribution in [3.8, 4) is 11.5 Å². The first-order chi connectivity index (χ1) is 9.91. The van der Waals surface area contributed by atoms with Crippen LogP contribution in [0, 0.1) is 0 Å². The molecule has 0 aliphatic heterocycles. The van der Waals surface area contributed by atoms with E-state index in [9.17, 15) is 18.3 Å². The molecule has 1 unspecified atom stereocenters. The number of benzene rings is 1. The normalized spacial score (nSPS) is 13.4. The van der Waals surface area contributed by atoms with Crippen LogP contribution in [0.1, 0.15) is 43.7 Å². The Labute approximate surface area is 119 Å². The first kappa shape index (κ1) is 15.5. The fraction of sp³-hybridized carbons (Fsp3) is 0.429. The van der Waals surface area contributed by atoms with Crippen LogP contribution in [-0.4, -0.2) is 15.3 Å². The fourth-order valence-corrected chi connectivity index (χ4v) is 1.81. The van der Waals surface area contributed by atoms with Gasteiger partial charge in [-0.3, -0.25) is 0 Å². The number of hydrogen-bond acceptors (Lipinski definition) is 4. The summed E-state index contributed by atoms with van der Waals surface area (Å²) >= 11 is 0. The lowest BCUT2D eigenvalue weighted by Crippen LogP contribution is -2.03. The number of halogens is 3. The average Bonchev–Trinajstić information content (AvgIpc) is 2.94. The first-order valence-electron chi connectivity index (χ1n) is 6.61. The van der Waals surface area contributed by atoms with Crippen molar-refractivity contribution < 1.29 is 22.7 Å². The summed E-state index contributed by atoms with van der Waals surface area (Å²) in [5, 5.41) is 17.3. The maximum Gasteiger partial charge on any atom is 0.416 e. The third-order valence-electron chi connectivity index (χ3n) is 3.02. The van der Waals surface area contributed by atoms with Crippen molar-refractivity contribution in [3.63, 3.8) is 0 Å². The lowest BCUT2D eigenvalue weighted by atomic mass is 10.1. The fourth-order valence-electron chi connectivity index (χ4n) is 1.81. The highest BCUT2D eigenvalue weighted by atomic mass is 19.4. The molecular formula is C14H15F3N2O2. The Morgan fingerprint density at radius 2 is 1.86 bits per heavy atom. The molecule has 0 saturated carbocycles. The molecule has 0 saturated heterocycles. The van der Waals surface area contributed by atoms with Crippen LogP contribution < -0.4 is 0 Å². The Hall–Kier alpha value is -1.89.